The summed E-state index contributed by atoms with van der Waals surface area (Å²) in [6.07, 6.45) is 41.6. The maximum atomic E-state index is 10.3. The Morgan fingerprint density at radius 3 is 1.40 bits per heavy atom. The first-order valence-corrected chi connectivity index (χ1v) is 17.0. The van der Waals surface area contributed by atoms with Crippen LogP contribution in [0.4, 0.5) is 0 Å². The van der Waals surface area contributed by atoms with Gasteiger partial charge >= 0.3 is 11.9 Å². The third kappa shape index (κ3) is 43.1. The molecule has 0 rings (SSSR count). The summed E-state index contributed by atoms with van der Waals surface area (Å²) in [6.45, 7) is 4.44. The molecule has 0 heterocycles. The topological polar surface area (TPSA) is 74.6 Å². The molecule has 0 bridgehead atoms. The minimum absolute atomic E-state index is 0.288. The molecule has 230 valence electrons. The summed E-state index contributed by atoms with van der Waals surface area (Å²) in [5.74, 6) is 1.00. The summed E-state index contributed by atoms with van der Waals surface area (Å²) >= 11 is 1.98. The van der Waals surface area contributed by atoms with Gasteiger partial charge in [-0.3, -0.25) is 9.59 Å². The van der Waals surface area contributed by atoms with Gasteiger partial charge in [-0.15, -0.1) is 0 Å². The zero-order valence-corrected chi connectivity index (χ0v) is 26.6. The molecule has 0 aromatic rings. The first-order chi connectivity index (χ1) is 19.5. The fraction of sp³-hybridized carbons (Fsp3) is 0.657. The van der Waals surface area contributed by atoms with Crippen molar-refractivity contribution >= 4 is 23.7 Å². The average Bonchev–Trinajstić information content (AvgIpc) is 2.93. The van der Waals surface area contributed by atoms with E-state index in [9.17, 15) is 9.59 Å². The van der Waals surface area contributed by atoms with Crippen molar-refractivity contribution in [1.29, 1.82) is 0 Å². The van der Waals surface area contributed by atoms with E-state index in [-0.39, 0.29) is 6.42 Å². The van der Waals surface area contributed by atoms with E-state index in [2.05, 4.69) is 74.6 Å². The van der Waals surface area contributed by atoms with Gasteiger partial charge in [0.2, 0.25) is 0 Å². The lowest BCUT2D eigenvalue weighted by Crippen LogP contribution is -1.93. The highest BCUT2D eigenvalue weighted by atomic mass is 32.2. The van der Waals surface area contributed by atoms with E-state index < -0.39 is 11.9 Å². The quantitative estimate of drug-likeness (QED) is 0.0751. The van der Waals surface area contributed by atoms with Gasteiger partial charge in [0, 0.05) is 18.6 Å². The molecule has 0 radical (unpaired) electrons. The molecule has 0 spiro atoms. The third-order valence-electron chi connectivity index (χ3n) is 5.96. The molecule has 5 heteroatoms. The van der Waals surface area contributed by atoms with E-state index in [0.717, 1.165) is 63.5 Å². The van der Waals surface area contributed by atoms with Gasteiger partial charge in [0.25, 0.3) is 0 Å². The fourth-order valence-corrected chi connectivity index (χ4v) is 4.38. The molecule has 40 heavy (non-hydrogen) atoms. The minimum atomic E-state index is -0.696. The Balaban J connectivity index is 0. The number of hydrogen-bond donors (Lipinski definition) is 2. The number of carbonyl (C=O) groups is 2. The second kappa shape index (κ2) is 37.0. The number of unbranched alkanes of at least 4 members (excludes halogenated alkanes) is 10. The molecule has 4 nitrogen and oxygen atoms in total. The number of thioether (sulfide) groups is 1. The minimum Gasteiger partial charge on any atom is -0.481 e. The van der Waals surface area contributed by atoms with Gasteiger partial charge in [-0.1, -0.05) is 107 Å². The predicted octanol–water partition coefficient (Wildman–Crippen LogP) is 11.1. The van der Waals surface area contributed by atoms with Crippen LogP contribution >= 0.6 is 11.8 Å². The smallest absolute Gasteiger partial charge is 0.303 e. The molecule has 0 aromatic carbocycles. The highest BCUT2D eigenvalue weighted by Crippen LogP contribution is 2.08. The van der Waals surface area contributed by atoms with Crippen LogP contribution in [-0.2, 0) is 9.59 Å². The van der Waals surface area contributed by atoms with Crippen molar-refractivity contribution in [3.8, 4) is 0 Å². The first kappa shape index (κ1) is 40.1. The summed E-state index contributed by atoms with van der Waals surface area (Å²) in [5, 5.41) is 17.0. The van der Waals surface area contributed by atoms with Gasteiger partial charge < -0.3 is 10.2 Å². The Hall–Kier alpha value is -2.01. The number of aliphatic carboxylic acids is 2. The Morgan fingerprint density at radius 1 is 0.500 bits per heavy atom. The van der Waals surface area contributed by atoms with E-state index >= 15 is 0 Å². The van der Waals surface area contributed by atoms with Crippen LogP contribution in [0.3, 0.4) is 0 Å². The summed E-state index contributed by atoms with van der Waals surface area (Å²) < 4.78 is 0. The van der Waals surface area contributed by atoms with Gasteiger partial charge in [-0.2, -0.15) is 11.8 Å². The van der Waals surface area contributed by atoms with Crippen LogP contribution in [0.25, 0.3) is 0 Å². The van der Waals surface area contributed by atoms with E-state index in [4.69, 9.17) is 10.2 Å². The predicted molar refractivity (Wildman–Crippen MR) is 177 cm³/mol. The van der Waals surface area contributed by atoms with Crippen LogP contribution in [0, 0.1) is 0 Å². The molecule has 0 unspecified atom stereocenters. The van der Waals surface area contributed by atoms with E-state index in [1.165, 1.54) is 57.1 Å². The molecular formula is C35H60O4S. The molecule has 0 aliphatic rings. The lowest BCUT2D eigenvalue weighted by molar-refractivity contribution is -0.138. The van der Waals surface area contributed by atoms with Crippen molar-refractivity contribution in [2.75, 3.05) is 11.5 Å². The Labute approximate surface area is 251 Å². The van der Waals surface area contributed by atoms with Crippen LogP contribution in [-0.4, -0.2) is 33.7 Å². The third-order valence-corrected chi connectivity index (χ3v) is 7.08. The number of carboxylic acid groups (broad SMARTS) is 2. The summed E-state index contributed by atoms with van der Waals surface area (Å²) in [7, 11) is 0. The second-order valence-corrected chi connectivity index (χ2v) is 11.1. The fourth-order valence-electron chi connectivity index (χ4n) is 3.65. The molecule has 0 aromatic heterocycles. The molecule has 0 aliphatic heterocycles. The van der Waals surface area contributed by atoms with Crippen molar-refractivity contribution < 1.29 is 19.8 Å². The maximum absolute atomic E-state index is 10.3. The SMILES string of the molecule is CCCCC/C=C/C/C=C/CCCCCCCC(=O)O.CCCSCC=CCC=CC/C=C/CCCCC(=O)O. The van der Waals surface area contributed by atoms with E-state index in [0.29, 0.717) is 6.42 Å². The number of hydrogen-bond acceptors (Lipinski definition) is 3. The standard InChI is InChI=1S/C18H32O2.C17H28O2S/c1-2-3-4-5-6-7-8-9-10-11-12-13-14-15-16-17-18(19)20;1-2-15-20-16-13-11-9-7-5-3-4-6-8-10-12-14-17(18)19/h6-7,9-10H,2-5,8,11-17H2,1H3,(H,19,20);4-7,11,13H,2-3,8-10,12,14-16H2,1H3,(H,18,19)/b7-6+,10-9+;6-4+,7-5?,13-11?. The van der Waals surface area contributed by atoms with Crippen LogP contribution in [0.5, 0.6) is 0 Å². The lowest BCUT2D eigenvalue weighted by Gasteiger charge is -1.98. The van der Waals surface area contributed by atoms with Crippen molar-refractivity contribution in [1.82, 2.24) is 0 Å². The van der Waals surface area contributed by atoms with E-state index in [1.54, 1.807) is 0 Å². The summed E-state index contributed by atoms with van der Waals surface area (Å²) in [6, 6.07) is 0. The molecular weight excluding hydrogens is 516 g/mol. The highest BCUT2D eigenvalue weighted by molar-refractivity contribution is 7.99. The Bertz CT molecular complexity index is 692. The zero-order chi connectivity index (χ0) is 29.8. The highest BCUT2D eigenvalue weighted by Gasteiger charge is 1.96. The molecule has 0 saturated carbocycles. The van der Waals surface area contributed by atoms with Crippen LogP contribution in [0.2, 0.25) is 0 Å². The van der Waals surface area contributed by atoms with Crippen LogP contribution in [0.15, 0.2) is 60.8 Å². The molecule has 0 amide bonds. The number of allylic oxidation sites excluding steroid dienone is 9. The van der Waals surface area contributed by atoms with Crippen LogP contribution < -0.4 is 0 Å². The monoisotopic (exact) mass is 576 g/mol. The zero-order valence-electron chi connectivity index (χ0n) is 25.7. The molecule has 0 aliphatic carbocycles. The van der Waals surface area contributed by atoms with Crippen molar-refractivity contribution in [3.63, 3.8) is 0 Å². The Kier molecular flexibility index (Phi) is 37.1. The molecule has 2 N–H and O–H groups in total. The Morgan fingerprint density at radius 2 is 0.900 bits per heavy atom. The van der Waals surface area contributed by atoms with Crippen LogP contribution in [0.1, 0.15) is 136 Å². The van der Waals surface area contributed by atoms with Crippen molar-refractivity contribution in [2.24, 2.45) is 0 Å². The molecule has 0 saturated heterocycles. The van der Waals surface area contributed by atoms with E-state index in [1.807, 2.05) is 11.8 Å². The van der Waals surface area contributed by atoms with Crippen molar-refractivity contribution in [2.45, 2.75) is 136 Å². The van der Waals surface area contributed by atoms with Gasteiger partial charge in [-0.05, 0) is 82.8 Å². The maximum Gasteiger partial charge on any atom is 0.303 e. The van der Waals surface area contributed by atoms with Crippen molar-refractivity contribution in [3.05, 3.63) is 60.8 Å². The second-order valence-electron chi connectivity index (χ2n) is 9.97. The summed E-state index contributed by atoms with van der Waals surface area (Å²) in [4.78, 5) is 20.6. The molecule has 0 fully saturated rings. The van der Waals surface area contributed by atoms with Gasteiger partial charge in [0.15, 0.2) is 0 Å². The number of carboxylic acids is 2. The number of rotatable bonds is 27. The molecule has 0 atom stereocenters. The largest absolute Gasteiger partial charge is 0.481 e. The average molecular weight is 577 g/mol. The normalized spacial score (nSPS) is 11.8. The first-order valence-electron chi connectivity index (χ1n) is 15.8. The van der Waals surface area contributed by atoms with Gasteiger partial charge in [0.1, 0.15) is 0 Å². The van der Waals surface area contributed by atoms with Gasteiger partial charge in [-0.25, -0.2) is 0 Å². The lowest BCUT2D eigenvalue weighted by atomic mass is 10.1. The summed E-state index contributed by atoms with van der Waals surface area (Å²) in [5.41, 5.74) is 0. The van der Waals surface area contributed by atoms with Gasteiger partial charge in [0.05, 0.1) is 0 Å².